The highest BCUT2D eigenvalue weighted by Gasteiger charge is 2.45. The summed E-state index contributed by atoms with van der Waals surface area (Å²) in [5.74, 6) is -0.644. The molecule has 1 aromatic heterocycles. The van der Waals surface area contributed by atoms with Crippen LogP contribution in [-0.2, 0) is 11.3 Å². The number of hydrogen-bond donors (Lipinski definition) is 1. The van der Waals surface area contributed by atoms with Crippen molar-refractivity contribution in [3.8, 4) is 11.3 Å². The zero-order valence-corrected chi connectivity index (χ0v) is 15.3. The van der Waals surface area contributed by atoms with Gasteiger partial charge in [0.1, 0.15) is 5.82 Å². The maximum atomic E-state index is 15.5. The molecule has 0 spiro atoms. The molecule has 2 fully saturated rings. The van der Waals surface area contributed by atoms with Crippen molar-refractivity contribution in [1.29, 1.82) is 0 Å². The molecular weight excluding hydrogens is 350 g/mol. The fourth-order valence-corrected chi connectivity index (χ4v) is 4.15. The average molecular weight is 374 g/mol. The van der Waals surface area contributed by atoms with Crippen LogP contribution in [0.2, 0.25) is 0 Å². The van der Waals surface area contributed by atoms with Gasteiger partial charge in [-0.05, 0) is 56.5 Å². The molecule has 4 rings (SSSR count). The SMILES string of the molecule is O=C(N1CCCC1)C1(F)CCCN(Cc2cn[nH]c2-c2ccc(F)cc2)C1. The number of nitrogens with one attached hydrogen (secondary N) is 1. The van der Waals surface area contributed by atoms with Crippen LogP contribution < -0.4 is 0 Å². The highest BCUT2D eigenvalue weighted by molar-refractivity contribution is 5.85. The number of hydrogen-bond acceptors (Lipinski definition) is 3. The van der Waals surface area contributed by atoms with E-state index in [4.69, 9.17) is 0 Å². The molecule has 1 N–H and O–H groups in total. The Hall–Kier alpha value is -2.28. The molecule has 2 saturated heterocycles. The number of benzene rings is 1. The Morgan fingerprint density at radius 2 is 1.89 bits per heavy atom. The molecule has 0 aliphatic carbocycles. The number of nitrogens with zero attached hydrogens (tertiary/aromatic N) is 3. The molecule has 27 heavy (non-hydrogen) atoms. The minimum absolute atomic E-state index is 0.108. The highest BCUT2D eigenvalue weighted by atomic mass is 19.1. The van der Waals surface area contributed by atoms with E-state index in [1.54, 1.807) is 23.2 Å². The number of carbonyl (C=O) groups excluding carboxylic acids is 1. The van der Waals surface area contributed by atoms with Crippen LogP contribution >= 0.6 is 0 Å². The number of alkyl halides is 1. The maximum Gasteiger partial charge on any atom is 0.261 e. The van der Waals surface area contributed by atoms with Crippen LogP contribution in [0.15, 0.2) is 30.5 Å². The predicted octanol–water partition coefficient (Wildman–Crippen LogP) is 3.14. The van der Waals surface area contributed by atoms with Gasteiger partial charge in [0.05, 0.1) is 11.9 Å². The summed E-state index contributed by atoms with van der Waals surface area (Å²) in [7, 11) is 0. The van der Waals surface area contributed by atoms with Gasteiger partial charge >= 0.3 is 0 Å². The minimum atomic E-state index is -1.80. The summed E-state index contributed by atoms with van der Waals surface area (Å²) in [6.07, 6.45) is 4.58. The molecule has 3 heterocycles. The molecule has 1 aromatic carbocycles. The van der Waals surface area contributed by atoms with E-state index >= 15 is 4.39 Å². The first-order chi connectivity index (χ1) is 13.0. The number of carbonyl (C=O) groups is 1. The van der Waals surface area contributed by atoms with Crippen molar-refractivity contribution >= 4 is 5.91 Å². The standard InChI is InChI=1S/C20H24F2N4O/c21-17-6-4-15(5-7-17)18-16(12-23-24-18)13-25-9-3-8-20(22,14-25)19(27)26-10-1-2-11-26/h4-7,12H,1-3,8-11,13-14H2,(H,23,24). The Balaban J connectivity index is 1.48. The summed E-state index contributed by atoms with van der Waals surface area (Å²) in [6, 6.07) is 6.20. The number of halogens is 2. The summed E-state index contributed by atoms with van der Waals surface area (Å²) >= 11 is 0. The van der Waals surface area contributed by atoms with Crippen molar-refractivity contribution in [3.63, 3.8) is 0 Å². The summed E-state index contributed by atoms with van der Waals surface area (Å²) in [4.78, 5) is 16.3. The lowest BCUT2D eigenvalue weighted by atomic mass is 9.92. The smallest absolute Gasteiger partial charge is 0.261 e. The van der Waals surface area contributed by atoms with E-state index in [0.29, 0.717) is 26.1 Å². The molecule has 2 aromatic rings. The van der Waals surface area contributed by atoms with Gasteiger partial charge < -0.3 is 4.90 Å². The normalized spacial score (nSPS) is 23.7. The molecule has 0 bridgehead atoms. The topological polar surface area (TPSA) is 52.2 Å². The van der Waals surface area contributed by atoms with Gasteiger partial charge in [-0.2, -0.15) is 5.10 Å². The molecule has 1 unspecified atom stereocenters. The second-order valence-corrected chi connectivity index (χ2v) is 7.56. The van der Waals surface area contributed by atoms with Gasteiger partial charge in [-0.3, -0.25) is 14.8 Å². The van der Waals surface area contributed by atoms with Crippen molar-refractivity contribution in [1.82, 2.24) is 20.0 Å². The van der Waals surface area contributed by atoms with Crippen molar-refractivity contribution in [2.24, 2.45) is 0 Å². The number of H-pyrrole nitrogens is 1. The lowest BCUT2D eigenvalue weighted by Crippen LogP contribution is -2.54. The van der Waals surface area contributed by atoms with Crippen LogP contribution in [0, 0.1) is 5.82 Å². The second-order valence-electron chi connectivity index (χ2n) is 7.56. The van der Waals surface area contributed by atoms with Crippen LogP contribution in [0.4, 0.5) is 8.78 Å². The quantitative estimate of drug-likeness (QED) is 0.895. The molecular formula is C20H24F2N4O. The van der Waals surface area contributed by atoms with Gasteiger partial charge in [0.25, 0.3) is 5.91 Å². The lowest BCUT2D eigenvalue weighted by Gasteiger charge is -2.38. The minimum Gasteiger partial charge on any atom is -0.340 e. The van der Waals surface area contributed by atoms with Gasteiger partial charge in [-0.15, -0.1) is 0 Å². The van der Waals surface area contributed by atoms with Gasteiger partial charge in [0, 0.05) is 37.3 Å². The maximum absolute atomic E-state index is 15.5. The summed E-state index contributed by atoms with van der Waals surface area (Å²) in [5, 5.41) is 7.06. The molecule has 1 amide bonds. The first-order valence-corrected chi connectivity index (χ1v) is 9.54. The van der Waals surface area contributed by atoms with Crippen molar-refractivity contribution in [2.45, 2.75) is 37.9 Å². The Morgan fingerprint density at radius 3 is 2.63 bits per heavy atom. The average Bonchev–Trinajstić information content (AvgIpc) is 3.34. The fraction of sp³-hybridized carbons (Fsp3) is 0.500. The molecule has 7 heteroatoms. The molecule has 0 radical (unpaired) electrons. The number of aromatic nitrogens is 2. The Labute approximate surface area is 157 Å². The fourth-order valence-electron chi connectivity index (χ4n) is 4.15. The molecule has 0 saturated carbocycles. The Morgan fingerprint density at radius 1 is 1.15 bits per heavy atom. The van der Waals surface area contributed by atoms with Crippen molar-refractivity contribution < 1.29 is 13.6 Å². The molecule has 2 aliphatic rings. The van der Waals surface area contributed by atoms with E-state index in [2.05, 4.69) is 10.2 Å². The molecule has 144 valence electrons. The van der Waals surface area contributed by atoms with E-state index in [9.17, 15) is 9.18 Å². The first kappa shape index (κ1) is 18.1. The van der Waals surface area contributed by atoms with Crippen molar-refractivity contribution in [2.75, 3.05) is 26.2 Å². The van der Waals surface area contributed by atoms with Crippen LogP contribution in [0.25, 0.3) is 11.3 Å². The summed E-state index contributed by atoms with van der Waals surface area (Å²) in [6.45, 7) is 2.69. The van der Waals surface area contributed by atoms with E-state index in [0.717, 1.165) is 36.2 Å². The van der Waals surface area contributed by atoms with Gasteiger partial charge in [0.2, 0.25) is 5.67 Å². The number of aromatic amines is 1. The van der Waals surface area contributed by atoms with Gasteiger partial charge in [-0.25, -0.2) is 8.78 Å². The second kappa shape index (κ2) is 7.38. The zero-order chi connectivity index (χ0) is 18.9. The number of amides is 1. The van der Waals surface area contributed by atoms with Crippen molar-refractivity contribution in [3.05, 3.63) is 41.8 Å². The lowest BCUT2D eigenvalue weighted by molar-refractivity contribution is -0.147. The third-order valence-corrected chi connectivity index (χ3v) is 5.54. The zero-order valence-electron chi connectivity index (χ0n) is 15.3. The highest BCUT2D eigenvalue weighted by Crippen LogP contribution is 2.31. The largest absolute Gasteiger partial charge is 0.340 e. The van der Waals surface area contributed by atoms with Crippen LogP contribution in [0.5, 0.6) is 0 Å². The van der Waals surface area contributed by atoms with Crippen LogP contribution in [-0.4, -0.2) is 57.8 Å². The van der Waals surface area contributed by atoms with E-state index < -0.39 is 5.67 Å². The number of rotatable bonds is 4. The van der Waals surface area contributed by atoms with Crippen LogP contribution in [0.1, 0.15) is 31.2 Å². The molecule has 1 atom stereocenters. The number of likely N-dealkylation sites (tertiary alicyclic amines) is 2. The van der Waals surface area contributed by atoms with E-state index in [1.807, 2.05) is 4.90 Å². The predicted molar refractivity (Wildman–Crippen MR) is 98.1 cm³/mol. The molecule has 5 nitrogen and oxygen atoms in total. The third kappa shape index (κ3) is 3.74. The number of piperidine rings is 1. The van der Waals surface area contributed by atoms with E-state index in [-0.39, 0.29) is 24.7 Å². The Kier molecular flexibility index (Phi) is 4.95. The summed E-state index contributed by atoms with van der Waals surface area (Å²) < 4.78 is 28.6. The summed E-state index contributed by atoms with van der Waals surface area (Å²) in [5.41, 5.74) is 0.749. The monoisotopic (exact) mass is 374 g/mol. The van der Waals surface area contributed by atoms with Gasteiger partial charge in [-0.1, -0.05) is 0 Å². The first-order valence-electron chi connectivity index (χ1n) is 9.54. The van der Waals surface area contributed by atoms with E-state index in [1.165, 1.54) is 12.1 Å². The Bertz CT molecular complexity index is 801. The van der Waals surface area contributed by atoms with Gasteiger partial charge in [0.15, 0.2) is 0 Å². The molecule has 2 aliphatic heterocycles. The third-order valence-electron chi connectivity index (χ3n) is 5.54. The van der Waals surface area contributed by atoms with Crippen LogP contribution in [0.3, 0.4) is 0 Å².